The van der Waals surface area contributed by atoms with Gasteiger partial charge in [-0.2, -0.15) is 4.68 Å². The van der Waals surface area contributed by atoms with Gasteiger partial charge in [0, 0.05) is 25.1 Å². The van der Waals surface area contributed by atoms with E-state index in [1.54, 1.807) is 15.6 Å². The minimum absolute atomic E-state index is 0.410. The lowest BCUT2D eigenvalue weighted by atomic mass is 10.0. The number of tetrazole rings is 1. The molecule has 3 heterocycles. The Morgan fingerprint density at radius 3 is 2.36 bits per heavy atom. The van der Waals surface area contributed by atoms with Gasteiger partial charge in [0.25, 0.3) is 5.56 Å². The van der Waals surface area contributed by atoms with Crippen LogP contribution >= 0.6 is 0 Å². The van der Waals surface area contributed by atoms with Crippen molar-refractivity contribution in [1.82, 2.24) is 39.3 Å². The second-order valence-electron chi connectivity index (χ2n) is 10.4. The molecule has 0 aliphatic carbocycles. The lowest BCUT2D eigenvalue weighted by Crippen LogP contribution is -2.31. The molecule has 0 fully saturated rings. The Kier molecular flexibility index (Phi) is 7.85. The number of nitrogens with zero attached hydrogens (tertiary/aromatic N) is 7. The molecular weight excluding hydrogens is 528 g/mol. The van der Waals surface area contributed by atoms with Gasteiger partial charge in [-0.1, -0.05) is 92.6 Å². The maximum absolute atomic E-state index is 13.2. The minimum atomic E-state index is -0.432. The van der Waals surface area contributed by atoms with Gasteiger partial charge < -0.3 is 4.57 Å². The van der Waals surface area contributed by atoms with E-state index in [-0.39, 0.29) is 0 Å². The first-order valence-corrected chi connectivity index (χ1v) is 14.3. The molecule has 0 amide bonds. The van der Waals surface area contributed by atoms with Gasteiger partial charge in [-0.05, 0) is 46.0 Å². The van der Waals surface area contributed by atoms with Crippen LogP contribution in [-0.2, 0) is 25.9 Å². The molecule has 0 saturated carbocycles. The van der Waals surface area contributed by atoms with E-state index < -0.39 is 11.2 Å². The quantitative estimate of drug-likeness (QED) is 0.232. The maximum atomic E-state index is 13.2. The van der Waals surface area contributed by atoms with Gasteiger partial charge >= 0.3 is 5.69 Å². The Balaban J connectivity index is 1.36. The van der Waals surface area contributed by atoms with Crippen LogP contribution in [-0.4, -0.2) is 39.3 Å². The third-order valence-corrected chi connectivity index (χ3v) is 7.54. The summed E-state index contributed by atoms with van der Waals surface area (Å²) in [6, 6.07) is 26.2. The molecular formula is C32H32N8O2. The van der Waals surface area contributed by atoms with Crippen LogP contribution in [0.4, 0.5) is 0 Å². The van der Waals surface area contributed by atoms with E-state index in [0.29, 0.717) is 30.7 Å². The standard InChI is InChI=1S/C32H32N8O2/c1-2-3-5-14-28-34-30-29(31(41)35-32(42)38(30)20-19-23-10-6-4-7-11-23)39(28)21-24-15-17-25(18-16-24)26-12-8-9-13-27(26)40-22-33-36-37-40/h4,6-13,15-18,22H,2-3,5,14,19-21H2,1H3,(H,35,41,42). The fourth-order valence-electron chi connectivity index (χ4n) is 5.37. The highest BCUT2D eigenvalue weighted by Crippen LogP contribution is 2.27. The van der Waals surface area contributed by atoms with E-state index in [1.165, 1.54) is 0 Å². The van der Waals surface area contributed by atoms with Crippen LogP contribution < -0.4 is 11.2 Å². The molecule has 3 aromatic heterocycles. The predicted octanol–water partition coefficient (Wildman–Crippen LogP) is 4.55. The van der Waals surface area contributed by atoms with Crippen molar-refractivity contribution in [1.29, 1.82) is 0 Å². The molecule has 212 valence electrons. The molecule has 3 aromatic carbocycles. The number of unbranched alkanes of at least 4 members (excludes halogenated alkanes) is 2. The van der Waals surface area contributed by atoms with Gasteiger partial charge in [-0.25, -0.2) is 9.78 Å². The molecule has 0 radical (unpaired) electrons. The zero-order chi connectivity index (χ0) is 28.9. The van der Waals surface area contributed by atoms with Crippen molar-refractivity contribution in [3.8, 4) is 16.8 Å². The van der Waals surface area contributed by atoms with Crippen molar-refractivity contribution in [2.45, 2.75) is 52.1 Å². The summed E-state index contributed by atoms with van der Waals surface area (Å²) in [6.45, 7) is 3.05. The monoisotopic (exact) mass is 560 g/mol. The summed E-state index contributed by atoms with van der Waals surface area (Å²) in [5, 5.41) is 11.6. The molecule has 0 unspecified atom stereocenters. The normalized spacial score (nSPS) is 11.4. The van der Waals surface area contributed by atoms with Gasteiger partial charge in [-0.15, -0.1) is 5.10 Å². The average Bonchev–Trinajstić information content (AvgIpc) is 3.67. The molecule has 0 spiro atoms. The lowest BCUT2D eigenvalue weighted by molar-refractivity contribution is 0.657. The Hall–Kier alpha value is -5.12. The number of para-hydroxylation sites is 1. The molecule has 0 aliphatic rings. The molecule has 10 heteroatoms. The van der Waals surface area contributed by atoms with E-state index >= 15 is 0 Å². The number of aromatic nitrogens is 8. The molecule has 0 saturated heterocycles. The number of H-pyrrole nitrogens is 1. The van der Waals surface area contributed by atoms with Gasteiger partial charge in [-0.3, -0.25) is 14.3 Å². The smallest absolute Gasteiger partial charge is 0.318 e. The molecule has 0 bridgehead atoms. The molecule has 10 nitrogen and oxygen atoms in total. The summed E-state index contributed by atoms with van der Waals surface area (Å²) >= 11 is 0. The largest absolute Gasteiger partial charge is 0.330 e. The van der Waals surface area contributed by atoms with E-state index in [1.807, 2.05) is 59.2 Å². The molecule has 6 aromatic rings. The maximum Gasteiger partial charge on any atom is 0.330 e. The van der Waals surface area contributed by atoms with Gasteiger partial charge in [0.2, 0.25) is 0 Å². The summed E-state index contributed by atoms with van der Waals surface area (Å²) in [6.07, 6.45) is 6.07. The number of aryl methyl sites for hydroxylation is 3. The van der Waals surface area contributed by atoms with E-state index in [0.717, 1.165) is 59.4 Å². The van der Waals surface area contributed by atoms with Crippen LogP contribution in [0.3, 0.4) is 0 Å². The van der Waals surface area contributed by atoms with Crippen molar-refractivity contribution in [3.63, 3.8) is 0 Å². The van der Waals surface area contributed by atoms with E-state index in [2.05, 4.69) is 51.7 Å². The molecule has 1 N–H and O–H groups in total. The van der Waals surface area contributed by atoms with Gasteiger partial charge in [0.05, 0.1) is 5.69 Å². The zero-order valence-electron chi connectivity index (χ0n) is 23.5. The summed E-state index contributed by atoms with van der Waals surface area (Å²) in [5.74, 6) is 0.816. The number of fused-ring (bicyclic) bond motifs is 1. The number of nitrogens with one attached hydrogen (secondary N) is 1. The first-order valence-electron chi connectivity index (χ1n) is 14.3. The topological polar surface area (TPSA) is 116 Å². The molecule has 6 rings (SSSR count). The second-order valence-corrected chi connectivity index (χ2v) is 10.4. The van der Waals surface area contributed by atoms with Crippen LogP contribution in [0.2, 0.25) is 0 Å². The summed E-state index contributed by atoms with van der Waals surface area (Å²) < 4.78 is 5.22. The Labute approximate surface area is 242 Å². The SMILES string of the molecule is CCCCCc1nc2c(c(=O)[nH]c(=O)n2CCc2ccccc2)n1Cc1ccc(-c2ccccc2-n2cnnn2)cc1. The molecule has 42 heavy (non-hydrogen) atoms. The third-order valence-electron chi connectivity index (χ3n) is 7.54. The number of imidazole rings is 1. The van der Waals surface area contributed by atoms with Crippen LogP contribution in [0.5, 0.6) is 0 Å². The molecule has 0 atom stereocenters. The second kappa shape index (κ2) is 12.2. The zero-order valence-corrected chi connectivity index (χ0v) is 23.5. The third kappa shape index (κ3) is 5.56. The Bertz CT molecular complexity index is 1900. The highest BCUT2D eigenvalue weighted by Gasteiger charge is 2.19. The van der Waals surface area contributed by atoms with Crippen molar-refractivity contribution < 1.29 is 0 Å². The summed E-state index contributed by atoms with van der Waals surface area (Å²) in [5.41, 5.74) is 5.09. The summed E-state index contributed by atoms with van der Waals surface area (Å²) in [7, 11) is 0. The Morgan fingerprint density at radius 1 is 0.810 bits per heavy atom. The van der Waals surface area contributed by atoms with Crippen LogP contribution in [0.15, 0.2) is 94.8 Å². The van der Waals surface area contributed by atoms with Crippen molar-refractivity contribution >= 4 is 11.2 Å². The highest BCUT2D eigenvalue weighted by molar-refractivity contribution is 5.73. The fraction of sp³-hybridized carbons (Fsp3) is 0.250. The average molecular weight is 561 g/mol. The van der Waals surface area contributed by atoms with Crippen molar-refractivity contribution in [3.05, 3.63) is 123 Å². The van der Waals surface area contributed by atoms with Gasteiger partial charge in [0.1, 0.15) is 12.2 Å². The number of benzene rings is 3. The van der Waals surface area contributed by atoms with Crippen LogP contribution in [0.1, 0.15) is 43.1 Å². The molecule has 0 aliphatic heterocycles. The number of hydrogen-bond acceptors (Lipinski definition) is 6. The summed E-state index contributed by atoms with van der Waals surface area (Å²) in [4.78, 5) is 33.6. The van der Waals surface area contributed by atoms with Gasteiger partial charge in [0.15, 0.2) is 11.2 Å². The Morgan fingerprint density at radius 2 is 1.60 bits per heavy atom. The first kappa shape index (κ1) is 27.1. The van der Waals surface area contributed by atoms with Crippen molar-refractivity contribution in [2.24, 2.45) is 0 Å². The number of hydrogen-bond donors (Lipinski definition) is 1. The number of aromatic amines is 1. The minimum Gasteiger partial charge on any atom is -0.318 e. The number of rotatable bonds is 11. The van der Waals surface area contributed by atoms with Crippen LogP contribution in [0, 0.1) is 0 Å². The first-order chi connectivity index (χ1) is 20.6. The fourth-order valence-corrected chi connectivity index (χ4v) is 5.37. The highest BCUT2D eigenvalue weighted by atomic mass is 16.2. The van der Waals surface area contributed by atoms with Crippen LogP contribution in [0.25, 0.3) is 28.0 Å². The predicted molar refractivity (Wildman–Crippen MR) is 162 cm³/mol. The van der Waals surface area contributed by atoms with Crippen molar-refractivity contribution in [2.75, 3.05) is 0 Å². The van der Waals surface area contributed by atoms with E-state index in [4.69, 9.17) is 4.98 Å². The van der Waals surface area contributed by atoms with E-state index in [9.17, 15) is 9.59 Å². The lowest BCUT2D eigenvalue weighted by Gasteiger charge is -2.12.